The molecule has 0 fully saturated rings. The third-order valence-corrected chi connectivity index (χ3v) is 3.86. The summed E-state index contributed by atoms with van der Waals surface area (Å²) >= 11 is 0. The van der Waals surface area contributed by atoms with Crippen LogP contribution >= 0.6 is 0 Å². The van der Waals surface area contributed by atoms with Crippen LogP contribution in [0.15, 0.2) is 72.5 Å². The first-order valence-corrected chi connectivity index (χ1v) is 7.16. The molecule has 0 spiro atoms. The predicted molar refractivity (Wildman–Crippen MR) is 79.8 cm³/mol. The molecule has 1 N–H and O–H groups in total. The van der Waals surface area contributed by atoms with Gasteiger partial charge in [0, 0.05) is 6.08 Å². The van der Waals surface area contributed by atoms with Gasteiger partial charge in [-0.05, 0) is 11.1 Å². The van der Waals surface area contributed by atoms with E-state index in [0.29, 0.717) is 6.08 Å². The van der Waals surface area contributed by atoms with E-state index in [9.17, 15) is 23.1 Å². The molecule has 2 aromatic carbocycles. The second kappa shape index (κ2) is 5.79. The Kier molecular flexibility index (Phi) is 3.93. The Morgan fingerprint density at radius 2 is 1.50 bits per heavy atom. The standard InChI is InChI=1S/C18H13F3O3/c19-18(20,21)15-11-14(22)17(23,13-9-5-2-6-10-13)16(24-15)12-7-3-1-4-8-12/h1-11,16,23H/t16-,17+/m1/s1. The van der Waals surface area contributed by atoms with E-state index in [4.69, 9.17) is 4.74 Å². The van der Waals surface area contributed by atoms with Gasteiger partial charge in [-0.3, -0.25) is 4.79 Å². The van der Waals surface area contributed by atoms with Crippen molar-refractivity contribution < 1.29 is 27.8 Å². The van der Waals surface area contributed by atoms with Gasteiger partial charge >= 0.3 is 6.18 Å². The Labute approximate surface area is 136 Å². The lowest BCUT2D eigenvalue weighted by Crippen LogP contribution is -2.46. The average molecular weight is 334 g/mol. The van der Waals surface area contributed by atoms with Gasteiger partial charge in [-0.1, -0.05) is 60.7 Å². The summed E-state index contributed by atoms with van der Waals surface area (Å²) in [6, 6.07) is 15.7. The SMILES string of the molecule is O=C1C=C(C(F)(F)F)O[C@H](c2ccccc2)[C@]1(O)c1ccccc1. The number of hydrogen-bond acceptors (Lipinski definition) is 3. The van der Waals surface area contributed by atoms with Crippen molar-refractivity contribution in [3.05, 3.63) is 83.6 Å². The van der Waals surface area contributed by atoms with Gasteiger partial charge in [0.1, 0.15) is 0 Å². The van der Waals surface area contributed by atoms with Crippen molar-refractivity contribution in [2.75, 3.05) is 0 Å². The van der Waals surface area contributed by atoms with E-state index in [-0.39, 0.29) is 11.1 Å². The zero-order chi connectivity index (χ0) is 17.4. The monoisotopic (exact) mass is 334 g/mol. The Balaban J connectivity index is 2.18. The molecule has 0 aromatic heterocycles. The molecule has 124 valence electrons. The number of allylic oxidation sites excluding steroid dienone is 1. The molecule has 3 rings (SSSR count). The van der Waals surface area contributed by atoms with Crippen molar-refractivity contribution in [2.45, 2.75) is 17.9 Å². The van der Waals surface area contributed by atoms with Crippen LogP contribution in [0.3, 0.4) is 0 Å². The summed E-state index contributed by atoms with van der Waals surface area (Å²) < 4.78 is 44.1. The van der Waals surface area contributed by atoms with Gasteiger partial charge in [-0.2, -0.15) is 13.2 Å². The second-order valence-electron chi connectivity index (χ2n) is 5.41. The van der Waals surface area contributed by atoms with E-state index in [1.54, 1.807) is 36.4 Å². The minimum atomic E-state index is -4.82. The Morgan fingerprint density at radius 3 is 2.04 bits per heavy atom. The Bertz CT molecular complexity index is 769. The molecule has 0 radical (unpaired) electrons. The number of ether oxygens (including phenoxy) is 1. The molecule has 3 nitrogen and oxygen atoms in total. The van der Waals surface area contributed by atoms with Crippen LogP contribution in [0.2, 0.25) is 0 Å². The molecule has 1 heterocycles. The normalized spacial score (nSPS) is 24.2. The van der Waals surface area contributed by atoms with Gasteiger partial charge in [-0.15, -0.1) is 0 Å². The van der Waals surface area contributed by atoms with Crippen molar-refractivity contribution in [2.24, 2.45) is 0 Å². The summed E-state index contributed by atoms with van der Waals surface area (Å²) in [6.07, 6.45) is -6.01. The van der Waals surface area contributed by atoms with Crippen LogP contribution in [0.25, 0.3) is 0 Å². The lowest BCUT2D eigenvalue weighted by Gasteiger charge is -2.38. The molecule has 6 heteroatoms. The number of halogens is 3. The third-order valence-electron chi connectivity index (χ3n) is 3.86. The summed E-state index contributed by atoms with van der Waals surface area (Å²) in [4.78, 5) is 12.5. The smallest absolute Gasteiger partial charge is 0.449 e. The van der Waals surface area contributed by atoms with Crippen LogP contribution in [0.5, 0.6) is 0 Å². The molecular formula is C18H13F3O3. The summed E-state index contributed by atoms with van der Waals surface area (Å²) in [7, 11) is 0. The van der Waals surface area contributed by atoms with Gasteiger partial charge in [-0.25, -0.2) is 0 Å². The molecular weight excluding hydrogens is 321 g/mol. The quantitative estimate of drug-likeness (QED) is 0.912. The van der Waals surface area contributed by atoms with Gasteiger partial charge < -0.3 is 9.84 Å². The van der Waals surface area contributed by atoms with E-state index in [0.717, 1.165) is 0 Å². The molecule has 2 aromatic rings. The lowest BCUT2D eigenvalue weighted by molar-refractivity contribution is -0.185. The van der Waals surface area contributed by atoms with Crippen molar-refractivity contribution in [1.29, 1.82) is 0 Å². The maximum Gasteiger partial charge on any atom is 0.449 e. The van der Waals surface area contributed by atoms with E-state index >= 15 is 0 Å². The summed E-state index contributed by atoms with van der Waals surface area (Å²) in [6.45, 7) is 0. The number of benzene rings is 2. The van der Waals surface area contributed by atoms with Gasteiger partial charge in [0.15, 0.2) is 17.5 Å². The van der Waals surface area contributed by atoms with E-state index in [2.05, 4.69) is 0 Å². The molecule has 0 bridgehead atoms. The zero-order valence-electron chi connectivity index (χ0n) is 12.3. The van der Waals surface area contributed by atoms with Crippen LogP contribution in [0.1, 0.15) is 17.2 Å². The number of ketones is 1. The first kappa shape index (κ1) is 16.3. The number of carbonyl (C=O) groups is 1. The molecule has 24 heavy (non-hydrogen) atoms. The molecule has 0 saturated carbocycles. The first-order chi connectivity index (χ1) is 11.3. The molecule has 2 atom stereocenters. The number of carbonyl (C=O) groups excluding carboxylic acids is 1. The van der Waals surface area contributed by atoms with Gasteiger partial charge in [0.2, 0.25) is 5.76 Å². The molecule has 1 aliphatic rings. The minimum absolute atomic E-state index is 0.168. The number of rotatable bonds is 2. The Hall–Kier alpha value is -2.60. The fraction of sp³-hybridized carbons (Fsp3) is 0.167. The number of aliphatic hydroxyl groups is 1. The topological polar surface area (TPSA) is 46.5 Å². The van der Waals surface area contributed by atoms with Gasteiger partial charge in [0.25, 0.3) is 0 Å². The van der Waals surface area contributed by atoms with E-state index < -0.39 is 29.4 Å². The molecule has 0 saturated heterocycles. The van der Waals surface area contributed by atoms with E-state index in [1.165, 1.54) is 24.3 Å². The summed E-state index contributed by atoms with van der Waals surface area (Å²) in [5.41, 5.74) is -1.80. The van der Waals surface area contributed by atoms with Crippen molar-refractivity contribution >= 4 is 5.78 Å². The maximum absolute atomic E-state index is 13.0. The van der Waals surface area contributed by atoms with Crippen LogP contribution < -0.4 is 0 Å². The highest BCUT2D eigenvalue weighted by atomic mass is 19.4. The zero-order valence-corrected chi connectivity index (χ0v) is 12.3. The first-order valence-electron chi connectivity index (χ1n) is 7.16. The fourth-order valence-corrected chi connectivity index (χ4v) is 2.68. The highest BCUT2D eigenvalue weighted by molar-refractivity contribution is 5.99. The third kappa shape index (κ3) is 2.69. The molecule has 0 aliphatic carbocycles. The summed E-state index contributed by atoms with van der Waals surface area (Å²) in [5.74, 6) is -2.48. The van der Waals surface area contributed by atoms with Gasteiger partial charge in [0.05, 0.1) is 0 Å². The van der Waals surface area contributed by atoms with Crippen LogP contribution in [0, 0.1) is 0 Å². The average Bonchev–Trinajstić information content (AvgIpc) is 2.57. The Morgan fingerprint density at radius 1 is 0.958 bits per heavy atom. The van der Waals surface area contributed by atoms with Crippen molar-refractivity contribution in [3.8, 4) is 0 Å². The predicted octanol–water partition coefficient (Wildman–Crippen LogP) is 3.66. The minimum Gasteiger partial charge on any atom is -0.477 e. The highest BCUT2D eigenvalue weighted by Gasteiger charge is 2.54. The van der Waals surface area contributed by atoms with Crippen LogP contribution in [0.4, 0.5) is 13.2 Å². The molecule has 0 unspecified atom stereocenters. The lowest BCUT2D eigenvalue weighted by atomic mass is 9.79. The largest absolute Gasteiger partial charge is 0.477 e. The number of hydrogen-bond donors (Lipinski definition) is 1. The second-order valence-corrected chi connectivity index (χ2v) is 5.41. The van der Waals surface area contributed by atoms with Crippen molar-refractivity contribution in [1.82, 2.24) is 0 Å². The molecule has 1 aliphatic heterocycles. The molecule has 0 amide bonds. The maximum atomic E-state index is 13.0. The van der Waals surface area contributed by atoms with E-state index in [1.807, 2.05) is 0 Å². The van der Waals surface area contributed by atoms with Crippen LogP contribution in [-0.4, -0.2) is 17.1 Å². The summed E-state index contributed by atoms with van der Waals surface area (Å²) in [5, 5.41) is 11.0. The highest BCUT2D eigenvalue weighted by Crippen LogP contribution is 2.46. The fourth-order valence-electron chi connectivity index (χ4n) is 2.68. The van der Waals surface area contributed by atoms with Crippen molar-refractivity contribution in [3.63, 3.8) is 0 Å². The van der Waals surface area contributed by atoms with Crippen LogP contribution in [-0.2, 0) is 15.1 Å². The number of alkyl halides is 3.